The van der Waals surface area contributed by atoms with Crippen LogP contribution in [0.4, 0.5) is 0 Å². The van der Waals surface area contributed by atoms with Crippen molar-refractivity contribution < 1.29 is 4.74 Å². The van der Waals surface area contributed by atoms with Crippen molar-refractivity contribution >= 4 is 0 Å². The smallest absolute Gasteiger partial charge is 0.0873 e. The summed E-state index contributed by atoms with van der Waals surface area (Å²) in [6, 6.07) is 0. The number of ether oxygens (including phenoxy) is 1. The van der Waals surface area contributed by atoms with E-state index in [1.807, 2.05) is 0 Å². The summed E-state index contributed by atoms with van der Waals surface area (Å²) in [5.41, 5.74) is 0. The Balaban J connectivity index is 1.38. The molecular formula is C17H26O. The molecule has 0 aliphatic heterocycles. The van der Waals surface area contributed by atoms with Crippen LogP contribution in [0.1, 0.15) is 44.9 Å². The molecule has 4 aliphatic carbocycles. The van der Waals surface area contributed by atoms with Crippen molar-refractivity contribution in [2.45, 2.75) is 44.9 Å². The van der Waals surface area contributed by atoms with Gasteiger partial charge < -0.3 is 4.74 Å². The van der Waals surface area contributed by atoms with Gasteiger partial charge in [-0.3, -0.25) is 0 Å². The Bertz CT molecular complexity index is 337. The zero-order chi connectivity index (χ0) is 12.1. The van der Waals surface area contributed by atoms with E-state index in [2.05, 4.69) is 6.58 Å². The highest BCUT2D eigenvalue weighted by atomic mass is 16.5. The minimum absolute atomic E-state index is 0.886. The van der Waals surface area contributed by atoms with Crippen LogP contribution in [0.5, 0.6) is 0 Å². The number of hydrogen-bond acceptors (Lipinski definition) is 1. The van der Waals surface area contributed by atoms with Gasteiger partial charge in [-0.1, -0.05) is 6.58 Å². The molecule has 0 aromatic carbocycles. The maximum Gasteiger partial charge on any atom is 0.0873 e. The maximum atomic E-state index is 5.27. The molecule has 0 heterocycles. The predicted octanol–water partition coefficient (Wildman–Crippen LogP) is 4.25. The van der Waals surface area contributed by atoms with Crippen molar-refractivity contribution in [1.82, 2.24) is 0 Å². The lowest BCUT2D eigenvalue weighted by molar-refractivity contribution is 0.0962. The average molecular weight is 246 g/mol. The molecule has 4 saturated carbocycles. The van der Waals surface area contributed by atoms with Crippen LogP contribution in [-0.4, -0.2) is 6.61 Å². The zero-order valence-corrected chi connectivity index (χ0v) is 11.4. The summed E-state index contributed by atoms with van der Waals surface area (Å²) in [6.07, 6.45) is 12.1. The van der Waals surface area contributed by atoms with E-state index in [0.717, 1.165) is 42.1 Å². The molecule has 0 spiro atoms. The molecule has 7 atom stereocenters. The van der Waals surface area contributed by atoms with Crippen LogP contribution >= 0.6 is 0 Å². The van der Waals surface area contributed by atoms with Crippen molar-refractivity contribution in [2.24, 2.45) is 41.4 Å². The van der Waals surface area contributed by atoms with E-state index in [1.165, 1.54) is 18.8 Å². The van der Waals surface area contributed by atoms with Crippen LogP contribution in [0.3, 0.4) is 0 Å². The van der Waals surface area contributed by atoms with Crippen LogP contribution in [0, 0.1) is 41.4 Å². The van der Waals surface area contributed by atoms with Gasteiger partial charge in [-0.05, 0) is 86.4 Å². The molecule has 1 nitrogen and oxygen atoms in total. The third-order valence-electron chi connectivity index (χ3n) is 6.83. The zero-order valence-electron chi connectivity index (χ0n) is 11.4. The highest BCUT2D eigenvalue weighted by Crippen LogP contribution is 2.69. The first-order chi connectivity index (χ1) is 8.88. The van der Waals surface area contributed by atoms with Gasteiger partial charge in [-0.2, -0.15) is 0 Å². The molecule has 0 N–H and O–H groups in total. The topological polar surface area (TPSA) is 9.23 Å². The Labute approximate surface area is 111 Å². The standard InChI is InChI=1S/C17H26O/c1-2-18-7-3-4-11-8-14-10-15(11)17-13-6-5-12(9-13)16(14)17/h2,11-17H,1,3-10H2. The molecule has 0 amide bonds. The summed E-state index contributed by atoms with van der Waals surface area (Å²) in [4.78, 5) is 0. The van der Waals surface area contributed by atoms with Gasteiger partial charge >= 0.3 is 0 Å². The van der Waals surface area contributed by atoms with E-state index in [0.29, 0.717) is 0 Å². The number of fused-ring (bicyclic) bond motifs is 9. The molecule has 0 aromatic heterocycles. The third kappa shape index (κ3) is 1.52. The summed E-state index contributed by atoms with van der Waals surface area (Å²) in [5.74, 6) is 7.91. The number of rotatable bonds is 5. The molecule has 0 radical (unpaired) electrons. The monoisotopic (exact) mass is 246 g/mol. The van der Waals surface area contributed by atoms with E-state index in [-0.39, 0.29) is 0 Å². The van der Waals surface area contributed by atoms with Crippen LogP contribution in [-0.2, 0) is 4.74 Å². The Hall–Kier alpha value is -0.460. The number of hydrogen-bond donors (Lipinski definition) is 0. The van der Waals surface area contributed by atoms with Gasteiger partial charge in [-0.25, -0.2) is 0 Å². The van der Waals surface area contributed by atoms with E-state index in [1.54, 1.807) is 38.4 Å². The van der Waals surface area contributed by atoms with Crippen LogP contribution in [0.25, 0.3) is 0 Å². The Kier molecular flexibility index (Phi) is 2.71. The molecule has 4 aliphatic rings. The van der Waals surface area contributed by atoms with Crippen molar-refractivity contribution in [3.05, 3.63) is 12.8 Å². The van der Waals surface area contributed by atoms with Crippen molar-refractivity contribution in [3.8, 4) is 0 Å². The van der Waals surface area contributed by atoms with Crippen molar-refractivity contribution in [2.75, 3.05) is 6.61 Å². The van der Waals surface area contributed by atoms with Crippen molar-refractivity contribution in [1.29, 1.82) is 0 Å². The third-order valence-corrected chi connectivity index (χ3v) is 6.83. The highest BCUT2D eigenvalue weighted by Gasteiger charge is 2.61. The maximum absolute atomic E-state index is 5.27. The summed E-state index contributed by atoms with van der Waals surface area (Å²) in [7, 11) is 0. The largest absolute Gasteiger partial charge is 0.502 e. The molecule has 4 fully saturated rings. The summed E-state index contributed by atoms with van der Waals surface area (Å²) in [5, 5.41) is 0. The molecule has 0 aromatic rings. The van der Waals surface area contributed by atoms with E-state index in [4.69, 9.17) is 4.74 Å². The van der Waals surface area contributed by atoms with E-state index < -0.39 is 0 Å². The minimum atomic E-state index is 0.886. The predicted molar refractivity (Wildman–Crippen MR) is 72.9 cm³/mol. The molecule has 1 heteroatoms. The average Bonchev–Trinajstić information content (AvgIpc) is 3.10. The first-order valence-electron chi connectivity index (χ1n) is 8.11. The molecule has 18 heavy (non-hydrogen) atoms. The lowest BCUT2D eigenvalue weighted by Gasteiger charge is -2.38. The molecule has 4 bridgehead atoms. The van der Waals surface area contributed by atoms with E-state index >= 15 is 0 Å². The molecular weight excluding hydrogens is 220 g/mol. The van der Waals surface area contributed by atoms with Crippen LogP contribution < -0.4 is 0 Å². The fourth-order valence-electron chi connectivity index (χ4n) is 6.55. The lowest BCUT2D eigenvalue weighted by atomic mass is 9.67. The summed E-state index contributed by atoms with van der Waals surface area (Å²) in [6.45, 7) is 4.50. The molecule has 4 rings (SSSR count). The van der Waals surface area contributed by atoms with Crippen LogP contribution in [0.15, 0.2) is 12.8 Å². The Morgan fingerprint density at radius 1 is 1.00 bits per heavy atom. The molecule has 100 valence electrons. The van der Waals surface area contributed by atoms with Gasteiger partial charge in [-0.15, -0.1) is 0 Å². The fraction of sp³-hybridized carbons (Fsp3) is 0.882. The highest BCUT2D eigenvalue weighted by molar-refractivity contribution is 5.10. The second-order valence-corrected chi connectivity index (χ2v) is 7.32. The van der Waals surface area contributed by atoms with E-state index in [9.17, 15) is 0 Å². The Morgan fingerprint density at radius 3 is 2.67 bits per heavy atom. The van der Waals surface area contributed by atoms with Gasteiger partial charge in [0.25, 0.3) is 0 Å². The normalized spacial score (nSPS) is 51.7. The van der Waals surface area contributed by atoms with Crippen LogP contribution in [0.2, 0.25) is 0 Å². The van der Waals surface area contributed by atoms with Gasteiger partial charge in [0.2, 0.25) is 0 Å². The lowest BCUT2D eigenvalue weighted by Crippen LogP contribution is -2.32. The second kappa shape index (κ2) is 4.28. The first-order valence-corrected chi connectivity index (χ1v) is 8.11. The second-order valence-electron chi connectivity index (χ2n) is 7.32. The fourth-order valence-corrected chi connectivity index (χ4v) is 6.55. The first kappa shape index (κ1) is 11.4. The van der Waals surface area contributed by atoms with Gasteiger partial charge in [0.15, 0.2) is 0 Å². The van der Waals surface area contributed by atoms with Crippen molar-refractivity contribution in [3.63, 3.8) is 0 Å². The van der Waals surface area contributed by atoms with Gasteiger partial charge in [0.1, 0.15) is 0 Å². The SMILES string of the molecule is C=COCCCC1CC2CC1C1C3CCC(C3)C21. The minimum Gasteiger partial charge on any atom is -0.502 e. The summed E-state index contributed by atoms with van der Waals surface area (Å²) < 4.78 is 5.27. The van der Waals surface area contributed by atoms with Gasteiger partial charge in [0, 0.05) is 0 Å². The molecule has 0 saturated heterocycles. The molecule has 7 unspecified atom stereocenters. The quantitative estimate of drug-likeness (QED) is 0.400. The Morgan fingerprint density at radius 2 is 1.83 bits per heavy atom. The van der Waals surface area contributed by atoms with Gasteiger partial charge in [0.05, 0.1) is 12.9 Å². The summed E-state index contributed by atoms with van der Waals surface area (Å²) >= 11 is 0.